The van der Waals surface area contributed by atoms with Crippen LogP contribution >= 0.6 is 23.4 Å². The quantitative estimate of drug-likeness (QED) is 0.419. The van der Waals surface area contributed by atoms with Crippen molar-refractivity contribution in [2.45, 2.75) is 18.6 Å². The molecular formula is C15H18ClN3OS. The van der Waals surface area contributed by atoms with Crippen molar-refractivity contribution in [1.82, 2.24) is 14.8 Å². The molecule has 1 heterocycles. The molecule has 112 valence electrons. The average Bonchev–Trinajstić information content (AvgIpc) is 2.88. The largest absolute Gasteiger partial charge is 0.381 e. The molecule has 1 aromatic carbocycles. The molecule has 0 saturated carbocycles. The fraction of sp³-hybridized carbons (Fsp3) is 0.333. The Morgan fingerprint density at radius 1 is 1.33 bits per heavy atom. The summed E-state index contributed by atoms with van der Waals surface area (Å²) in [5.74, 6) is 1.68. The van der Waals surface area contributed by atoms with Crippen LogP contribution in [0.3, 0.4) is 0 Å². The summed E-state index contributed by atoms with van der Waals surface area (Å²) in [5, 5.41) is 10.1. The lowest BCUT2D eigenvalue weighted by atomic mass is 10.2. The van der Waals surface area contributed by atoms with Gasteiger partial charge in [0.1, 0.15) is 0 Å². The second kappa shape index (κ2) is 8.22. The predicted molar refractivity (Wildman–Crippen MR) is 87.9 cm³/mol. The molecule has 0 spiro atoms. The Labute approximate surface area is 134 Å². The highest BCUT2D eigenvalue weighted by atomic mass is 35.5. The molecule has 0 amide bonds. The van der Waals surface area contributed by atoms with E-state index in [0.29, 0.717) is 18.2 Å². The molecule has 1 aromatic heterocycles. The first-order valence-corrected chi connectivity index (χ1v) is 8.13. The van der Waals surface area contributed by atoms with Gasteiger partial charge >= 0.3 is 0 Å². The Morgan fingerprint density at radius 2 is 2.10 bits per heavy atom. The highest BCUT2D eigenvalue weighted by Gasteiger charge is 2.13. The van der Waals surface area contributed by atoms with Crippen LogP contribution in [0.1, 0.15) is 6.92 Å². The minimum absolute atomic E-state index is 0.669. The molecule has 0 unspecified atom stereocenters. The van der Waals surface area contributed by atoms with Crippen LogP contribution in [0.5, 0.6) is 0 Å². The standard InChI is InChI=1S/C15H18ClN3OS/c1-3-9-19-14(12-5-7-13(16)8-6-12)17-18-15(19)21-11-10-20-4-2/h3,5-8H,1,4,9-11H2,2H3. The molecule has 0 bridgehead atoms. The van der Waals surface area contributed by atoms with Crippen molar-refractivity contribution in [3.05, 3.63) is 41.9 Å². The van der Waals surface area contributed by atoms with Crippen molar-refractivity contribution in [2.24, 2.45) is 0 Å². The minimum Gasteiger partial charge on any atom is -0.381 e. The SMILES string of the molecule is C=CCn1c(SCCOCC)nnc1-c1ccc(Cl)cc1. The van der Waals surface area contributed by atoms with Gasteiger partial charge in [-0.3, -0.25) is 4.57 Å². The van der Waals surface area contributed by atoms with Crippen molar-refractivity contribution in [2.75, 3.05) is 19.0 Å². The normalized spacial score (nSPS) is 10.8. The second-order valence-electron chi connectivity index (χ2n) is 4.26. The Hall–Kier alpha value is -1.30. The maximum atomic E-state index is 5.93. The lowest BCUT2D eigenvalue weighted by molar-refractivity contribution is 0.164. The zero-order valence-corrected chi connectivity index (χ0v) is 13.5. The smallest absolute Gasteiger partial charge is 0.191 e. The Bertz CT molecular complexity index is 583. The zero-order chi connectivity index (χ0) is 15.1. The van der Waals surface area contributed by atoms with Gasteiger partial charge in [0.15, 0.2) is 11.0 Å². The molecule has 4 nitrogen and oxygen atoms in total. The number of benzene rings is 1. The number of allylic oxidation sites excluding steroid dienone is 1. The molecule has 0 N–H and O–H groups in total. The molecule has 0 atom stereocenters. The zero-order valence-electron chi connectivity index (χ0n) is 12.0. The molecule has 0 aliphatic rings. The van der Waals surface area contributed by atoms with Gasteiger partial charge in [0.2, 0.25) is 0 Å². The van der Waals surface area contributed by atoms with Gasteiger partial charge < -0.3 is 4.74 Å². The number of hydrogen-bond donors (Lipinski definition) is 0. The van der Waals surface area contributed by atoms with Gasteiger partial charge in [0.25, 0.3) is 0 Å². The summed E-state index contributed by atoms with van der Waals surface area (Å²) in [4.78, 5) is 0. The number of hydrogen-bond acceptors (Lipinski definition) is 4. The third-order valence-electron chi connectivity index (χ3n) is 2.79. The van der Waals surface area contributed by atoms with Crippen molar-refractivity contribution >= 4 is 23.4 Å². The van der Waals surface area contributed by atoms with Crippen molar-refractivity contribution < 1.29 is 4.74 Å². The van der Waals surface area contributed by atoms with Gasteiger partial charge in [-0.1, -0.05) is 29.4 Å². The fourth-order valence-corrected chi connectivity index (χ4v) is 2.76. The van der Waals surface area contributed by atoms with Gasteiger partial charge in [-0.05, 0) is 31.2 Å². The first kappa shape index (κ1) is 16.1. The van der Waals surface area contributed by atoms with Crippen molar-refractivity contribution in [1.29, 1.82) is 0 Å². The number of rotatable bonds is 8. The van der Waals surface area contributed by atoms with Gasteiger partial charge in [-0.25, -0.2) is 0 Å². The van der Waals surface area contributed by atoms with Crippen LogP contribution in [0.25, 0.3) is 11.4 Å². The Kier molecular flexibility index (Phi) is 6.29. The van der Waals surface area contributed by atoms with E-state index in [4.69, 9.17) is 16.3 Å². The third-order valence-corrected chi connectivity index (χ3v) is 3.98. The predicted octanol–water partition coefficient (Wildman–Crippen LogP) is 3.91. The maximum Gasteiger partial charge on any atom is 0.191 e. The summed E-state index contributed by atoms with van der Waals surface area (Å²) in [6.45, 7) is 7.90. The molecule has 0 saturated heterocycles. The Morgan fingerprint density at radius 3 is 2.76 bits per heavy atom. The van der Waals surface area contributed by atoms with Gasteiger partial charge in [-0.15, -0.1) is 16.8 Å². The maximum absolute atomic E-state index is 5.93. The Balaban J connectivity index is 2.19. The summed E-state index contributed by atoms with van der Waals surface area (Å²) in [5.41, 5.74) is 0.991. The van der Waals surface area contributed by atoms with Crippen molar-refractivity contribution in [3.8, 4) is 11.4 Å². The van der Waals surface area contributed by atoms with Gasteiger partial charge in [0, 0.05) is 29.5 Å². The van der Waals surface area contributed by atoms with E-state index >= 15 is 0 Å². The summed E-state index contributed by atoms with van der Waals surface area (Å²) in [7, 11) is 0. The molecule has 2 aromatic rings. The molecule has 0 aliphatic carbocycles. The number of aromatic nitrogens is 3. The van der Waals surface area contributed by atoms with Crippen LogP contribution in [0.2, 0.25) is 5.02 Å². The van der Waals surface area contributed by atoms with E-state index < -0.39 is 0 Å². The van der Waals surface area contributed by atoms with Crippen LogP contribution in [-0.2, 0) is 11.3 Å². The summed E-state index contributed by atoms with van der Waals surface area (Å²) < 4.78 is 7.40. The van der Waals surface area contributed by atoms with E-state index in [-0.39, 0.29) is 0 Å². The van der Waals surface area contributed by atoms with E-state index in [1.807, 2.05) is 41.8 Å². The monoisotopic (exact) mass is 323 g/mol. The van der Waals surface area contributed by atoms with Crippen LogP contribution < -0.4 is 0 Å². The van der Waals surface area contributed by atoms with Crippen LogP contribution in [0.15, 0.2) is 42.1 Å². The highest BCUT2D eigenvalue weighted by molar-refractivity contribution is 7.99. The highest BCUT2D eigenvalue weighted by Crippen LogP contribution is 2.25. The fourth-order valence-electron chi connectivity index (χ4n) is 1.84. The molecule has 2 rings (SSSR count). The van der Waals surface area contributed by atoms with E-state index in [2.05, 4.69) is 16.8 Å². The average molecular weight is 324 g/mol. The lowest BCUT2D eigenvalue weighted by Gasteiger charge is -2.07. The molecular weight excluding hydrogens is 306 g/mol. The van der Waals surface area contributed by atoms with Crippen LogP contribution in [0.4, 0.5) is 0 Å². The van der Waals surface area contributed by atoms with Gasteiger partial charge in [-0.2, -0.15) is 0 Å². The third kappa shape index (κ3) is 4.33. The minimum atomic E-state index is 0.669. The lowest BCUT2D eigenvalue weighted by Crippen LogP contribution is -2.02. The van der Waals surface area contributed by atoms with Crippen LogP contribution in [-0.4, -0.2) is 33.7 Å². The van der Waals surface area contributed by atoms with E-state index in [1.165, 1.54) is 0 Å². The molecule has 21 heavy (non-hydrogen) atoms. The van der Waals surface area contributed by atoms with Crippen molar-refractivity contribution in [3.63, 3.8) is 0 Å². The number of thioether (sulfide) groups is 1. The molecule has 0 aliphatic heterocycles. The van der Waals surface area contributed by atoms with Gasteiger partial charge in [0.05, 0.1) is 6.61 Å². The van der Waals surface area contributed by atoms with Crippen LogP contribution in [0, 0.1) is 0 Å². The molecule has 6 heteroatoms. The summed E-state index contributed by atoms with van der Waals surface area (Å²) in [6.07, 6.45) is 1.84. The first-order chi connectivity index (χ1) is 10.3. The van der Waals surface area contributed by atoms with E-state index in [9.17, 15) is 0 Å². The first-order valence-electron chi connectivity index (χ1n) is 6.76. The topological polar surface area (TPSA) is 39.9 Å². The second-order valence-corrected chi connectivity index (χ2v) is 5.76. The summed E-state index contributed by atoms with van der Waals surface area (Å²) >= 11 is 7.56. The van der Waals surface area contributed by atoms with E-state index in [1.54, 1.807) is 11.8 Å². The summed E-state index contributed by atoms with van der Waals surface area (Å²) in [6, 6.07) is 7.60. The molecule has 0 radical (unpaired) electrons. The number of halogens is 1. The number of nitrogens with zero attached hydrogens (tertiary/aromatic N) is 3. The molecule has 0 fully saturated rings. The van der Waals surface area contributed by atoms with E-state index in [0.717, 1.165) is 28.9 Å². The number of ether oxygens (including phenoxy) is 1.